The second kappa shape index (κ2) is 6.55. The molecule has 2 saturated heterocycles. The molecule has 2 atom stereocenters. The molecule has 5 heterocycles. The minimum atomic E-state index is 0.209. The predicted molar refractivity (Wildman–Crippen MR) is 104 cm³/mol. The number of carbonyl (C=O) groups excluding carboxylic acids is 1. The Hall–Kier alpha value is -2.57. The van der Waals surface area contributed by atoms with Crippen LogP contribution in [-0.4, -0.2) is 61.4 Å². The Labute approximate surface area is 158 Å². The molecule has 2 fully saturated rings. The number of likely N-dealkylation sites (tertiary alicyclic amines) is 2. The fraction of sp³-hybridized carbons (Fsp3) is 0.550. The van der Waals surface area contributed by atoms with E-state index in [0.717, 1.165) is 67.9 Å². The van der Waals surface area contributed by atoms with Crippen molar-refractivity contribution in [1.82, 2.24) is 29.2 Å². The van der Waals surface area contributed by atoms with Gasteiger partial charge in [-0.25, -0.2) is 14.8 Å². The SMILES string of the molecule is C[C@@H]1CCN(C(=O)N2CCCCC2)C[C@@H]1c1ncc2cnc3[nH]ccc3n12. The molecule has 7 nitrogen and oxygen atoms in total. The van der Waals surface area contributed by atoms with Crippen LogP contribution in [0.2, 0.25) is 0 Å². The van der Waals surface area contributed by atoms with Crippen LogP contribution in [0.1, 0.15) is 44.3 Å². The number of nitrogens with zero attached hydrogens (tertiary/aromatic N) is 5. The summed E-state index contributed by atoms with van der Waals surface area (Å²) >= 11 is 0. The van der Waals surface area contributed by atoms with Crippen LogP contribution in [0.25, 0.3) is 16.7 Å². The number of rotatable bonds is 1. The highest BCUT2D eigenvalue weighted by Crippen LogP contribution is 2.33. The van der Waals surface area contributed by atoms with E-state index in [2.05, 4.69) is 21.3 Å². The molecule has 2 aliphatic rings. The number of H-pyrrole nitrogens is 1. The monoisotopic (exact) mass is 366 g/mol. The van der Waals surface area contributed by atoms with Gasteiger partial charge in [0.1, 0.15) is 5.82 Å². The van der Waals surface area contributed by atoms with Gasteiger partial charge in [0.2, 0.25) is 0 Å². The molecule has 0 saturated carbocycles. The number of hydrogen-bond donors (Lipinski definition) is 1. The van der Waals surface area contributed by atoms with Gasteiger partial charge in [-0.1, -0.05) is 6.92 Å². The van der Waals surface area contributed by atoms with Crippen molar-refractivity contribution in [3.05, 3.63) is 30.5 Å². The van der Waals surface area contributed by atoms with Crippen LogP contribution in [0.5, 0.6) is 0 Å². The van der Waals surface area contributed by atoms with E-state index in [1.807, 2.05) is 34.5 Å². The first-order valence-corrected chi connectivity index (χ1v) is 10.1. The van der Waals surface area contributed by atoms with Gasteiger partial charge in [0, 0.05) is 38.3 Å². The maximum Gasteiger partial charge on any atom is 0.320 e. The molecule has 3 aromatic heterocycles. The van der Waals surface area contributed by atoms with E-state index in [1.165, 1.54) is 6.42 Å². The number of piperidine rings is 2. The molecule has 5 rings (SSSR count). The lowest BCUT2D eigenvalue weighted by molar-refractivity contribution is 0.118. The Morgan fingerprint density at radius 3 is 2.78 bits per heavy atom. The second-order valence-electron chi connectivity index (χ2n) is 8.00. The molecule has 142 valence electrons. The van der Waals surface area contributed by atoms with Crippen molar-refractivity contribution in [3.8, 4) is 0 Å². The molecule has 0 spiro atoms. The van der Waals surface area contributed by atoms with Crippen molar-refractivity contribution in [2.75, 3.05) is 26.2 Å². The van der Waals surface area contributed by atoms with Gasteiger partial charge in [0.15, 0.2) is 5.65 Å². The van der Waals surface area contributed by atoms with Gasteiger partial charge in [-0.2, -0.15) is 0 Å². The third-order valence-corrected chi connectivity index (χ3v) is 6.27. The standard InChI is InChI=1S/C20H26N6O/c1-14-6-10-25(20(27)24-8-3-2-4-9-24)13-16(14)19-23-12-15-11-22-18-17(26(15)19)5-7-21-18/h5,7,11-12,14,16,21H,2-4,6,8-10,13H2,1H3/t14-,16+/m1/s1. The first kappa shape index (κ1) is 16.6. The number of urea groups is 1. The van der Waals surface area contributed by atoms with Gasteiger partial charge in [0.05, 0.1) is 23.4 Å². The Balaban J connectivity index is 1.47. The summed E-state index contributed by atoms with van der Waals surface area (Å²) in [5.74, 6) is 1.76. The van der Waals surface area contributed by atoms with Gasteiger partial charge < -0.3 is 14.8 Å². The quantitative estimate of drug-likeness (QED) is 0.719. The van der Waals surface area contributed by atoms with E-state index in [1.54, 1.807) is 0 Å². The summed E-state index contributed by atoms with van der Waals surface area (Å²) in [5, 5.41) is 0. The number of nitrogens with one attached hydrogen (secondary N) is 1. The largest absolute Gasteiger partial charge is 0.345 e. The molecule has 0 aliphatic carbocycles. The number of hydrogen-bond acceptors (Lipinski definition) is 3. The maximum absolute atomic E-state index is 13.0. The first-order chi connectivity index (χ1) is 13.2. The number of aromatic amines is 1. The van der Waals surface area contributed by atoms with Crippen molar-refractivity contribution in [1.29, 1.82) is 0 Å². The van der Waals surface area contributed by atoms with Gasteiger partial charge >= 0.3 is 6.03 Å². The fourth-order valence-electron chi connectivity index (χ4n) is 4.63. The van der Waals surface area contributed by atoms with Crippen molar-refractivity contribution < 1.29 is 4.79 Å². The number of carbonyl (C=O) groups is 1. The smallest absolute Gasteiger partial charge is 0.320 e. The highest BCUT2D eigenvalue weighted by Gasteiger charge is 2.34. The van der Waals surface area contributed by atoms with Gasteiger partial charge in [-0.15, -0.1) is 0 Å². The Kier molecular flexibility index (Phi) is 4.02. The van der Waals surface area contributed by atoms with Gasteiger partial charge in [-0.05, 0) is 37.7 Å². The lowest BCUT2D eigenvalue weighted by Crippen LogP contribution is -2.50. The number of amides is 2. The van der Waals surface area contributed by atoms with E-state index in [-0.39, 0.29) is 11.9 Å². The third-order valence-electron chi connectivity index (χ3n) is 6.27. The minimum Gasteiger partial charge on any atom is -0.345 e. The molecule has 0 unspecified atom stereocenters. The molecule has 3 aromatic rings. The van der Waals surface area contributed by atoms with Crippen LogP contribution in [0.3, 0.4) is 0 Å². The molecular weight excluding hydrogens is 340 g/mol. The summed E-state index contributed by atoms with van der Waals surface area (Å²) in [5.41, 5.74) is 2.92. The molecule has 2 amide bonds. The highest BCUT2D eigenvalue weighted by molar-refractivity contribution is 5.76. The average molecular weight is 366 g/mol. The highest BCUT2D eigenvalue weighted by atomic mass is 16.2. The Bertz CT molecular complexity index is 969. The van der Waals surface area contributed by atoms with Crippen molar-refractivity contribution in [2.45, 2.75) is 38.5 Å². The Morgan fingerprint density at radius 2 is 1.93 bits per heavy atom. The third kappa shape index (κ3) is 2.76. The summed E-state index contributed by atoms with van der Waals surface area (Å²) in [6.45, 7) is 5.67. The Morgan fingerprint density at radius 1 is 1.11 bits per heavy atom. The van der Waals surface area contributed by atoms with Crippen molar-refractivity contribution >= 4 is 22.7 Å². The van der Waals surface area contributed by atoms with E-state index in [0.29, 0.717) is 5.92 Å². The van der Waals surface area contributed by atoms with Crippen LogP contribution < -0.4 is 0 Å². The van der Waals surface area contributed by atoms with E-state index < -0.39 is 0 Å². The van der Waals surface area contributed by atoms with Crippen molar-refractivity contribution in [2.24, 2.45) is 5.92 Å². The summed E-state index contributed by atoms with van der Waals surface area (Å²) < 4.78 is 2.20. The van der Waals surface area contributed by atoms with Gasteiger partial charge in [-0.3, -0.25) is 4.40 Å². The normalized spacial score (nSPS) is 24.0. The first-order valence-electron chi connectivity index (χ1n) is 10.1. The zero-order chi connectivity index (χ0) is 18.4. The lowest BCUT2D eigenvalue weighted by atomic mass is 9.86. The van der Waals surface area contributed by atoms with Crippen LogP contribution in [0.4, 0.5) is 4.79 Å². The van der Waals surface area contributed by atoms with Crippen LogP contribution in [0.15, 0.2) is 24.7 Å². The molecule has 0 aromatic carbocycles. The van der Waals surface area contributed by atoms with E-state index in [9.17, 15) is 4.79 Å². The maximum atomic E-state index is 13.0. The number of fused-ring (bicyclic) bond motifs is 3. The van der Waals surface area contributed by atoms with E-state index >= 15 is 0 Å². The van der Waals surface area contributed by atoms with Crippen LogP contribution in [0, 0.1) is 5.92 Å². The van der Waals surface area contributed by atoms with Crippen LogP contribution in [-0.2, 0) is 0 Å². The molecule has 7 heteroatoms. The second-order valence-corrected chi connectivity index (χ2v) is 8.00. The minimum absolute atomic E-state index is 0.209. The number of aromatic nitrogens is 4. The molecule has 0 bridgehead atoms. The van der Waals surface area contributed by atoms with E-state index in [4.69, 9.17) is 4.98 Å². The van der Waals surface area contributed by atoms with Crippen molar-refractivity contribution in [3.63, 3.8) is 0 Å². The average Bonchev–Trinajstić information content (AvgIpc) is 3.35. The molecular formula is C20H26N6O. The number of imidazole rings is 1. The molecule has 0 radical (unpaired) electrons. The summed E-state index contributed by atoms with van der Waals surface area (Å²) in [7, 11) is 0. The van der Waals surface area contributed by atoms with Gasteiger partial charge in [0.25, 0.3) is 0 Å². The topological polar surface area (TPSA) is 69.5 Å². The lowest BCUT2D eigenvalue weighted by Gasteiger charge is -2.40. The summed E-state index contributed by atoms with van der Waals surface area (Å²) in [4.78, 5) is 29.5. The molecule has 2 aliphatic heterocycles. The summed E-state index contributed by atoms with van der Waals surface area (Å²) in [6, 6.07) is 2.26. The zero-order valence-corrected chi connectivity index (χ0v) is 15.8. The molecule has 1 N–H and O–H groups in total. The van der Waals surface area contributed by atoms with Crippen LogP contribution >= 0.6 is 0 Å². The molecule has 27 heavy (non-hydrogen) atoms. The fourth-order valence-corrected chi connectivity index (χ4v) is 4.63. The zero-order valence-electron chi connectivity index (χ0n) is 15.8. The summed E-state index contributed by atoms with van der Waals surface area (Å²) in [6.07, 6.45) is 10.2. The predicted octanol–water partition coefficient (Wildman–Crippen LogP) is 3.24.